The Bertz CT molecular complexity index is 1040. The Balaban J connectivity index is 1.32. The lowest BCUT2D eigenvalue weighted by atomic mass is 9.75. The van der Waals surface area contributed by atoms with Gasteiger partial charge in [-0.05, 0) is 24.7 Å². The first-order chi connectivity index (χ1) is 14.8. The summed E-state index contributed by atoms with van der Waals surface area (Å²) < 4.78 is 0. The molecule has 2 fully saturated rings. The van der Waals surface area contributed by atoms with Gasteiger partial charge in [-0.1, -0.05) is 85.6 Å². The van der Waals surface area contributed by atoms with E-state index in [4.69, 9.17) is 0 Å². The summed E-state index contributed by atoms with van der Waals surface area (Å²) >= 11 is 1.52. The predicted octanol–water partition coefficient (Wildman–Crippen LogP) is 5.43. The number of piperidine rings is 1. The van der Waals surface area contributed by atoms with Crippen LogP contribution in [0.4, 0.5) is 0 Å². The Morgan fingerprint density at radius 2 is 1.63 bits per heavy atom. The second-order valence-corrected chi connectivity index (χ2v) is 9.45. The van der Waals surface area contributed by atoms with Gasteiger partial charge < -0.3 is 4.90 Å². The number of carbonyl (C=O) groups excluding carboxylic acids is 1. The van der Waals surface area contributed by atoms with E-state index in [1.807, 2.05) is 30.3 Å². The maximum atomic E-state index is 12.9. The van der Waals surface area contributed by atoms with Crippen LogP contribution < -0.4 is 0 Å². The van der Waals surface area contributed by atoms with E-state index in [1.54, 1.807) is 0 Å². The number of hydrogen-bond acceptors (Lipinski definition) is 4. The third-order valence-corrected chi connectivity index (χ3v) is 7.64. The number of aromatic nitrogens is 2. The first kappa shape index (κ1) is 19.6. The molecule has 2 atom stereocenters. The highest BCUT2D eigenvalue weighted by molar-refractivity contribution is 8.00. The lowest BCUT2D eigenvalue weighted by Gasteiger charge is -2.41. The Morgan fingerprint density at radius 3 is 2.47 bits per heavy atom. The molecule has 30 heavy (non-hydrogen) atoms. The number of thioether (sulfide) groups is 1. The van der Waals surface area contributed by atoms with Gasteiger partial charge in [0.05, 0.1) is 5.75 Å². The maximum absolute atomic E-state index is 12.9. The lowest BCUT2D eigenvalue weighted by Crippen LogP contribution is -2.45. The Hall–Kier alpha value is -2.40. The highest BCUT2D eigenvalue weighted by Crippen LogP contribution is 2.37. The summed E-state index contributed by atoms with van der Waals surface area (Å²) in [4.78, 5) is 15.0. The molecule has 2 aliphatic rings. The lowest BCUT2D eigenvalue weighted by molar-refractivity contribution is -0.131. The first-order valence-electron chi connectivity index (χ1n) is 11.0. The Kier molecular flexibility index (Phi) is 5.71. The molecule has 1 aromatic heterocycles. The van der Waals surface area contributed by atoms with Crippen LogP contribution in [0.1, 0.15) is 32.1 Å². The molecule has 4 nitrogen and oxygen atoms in total. The number of fused-ring (bicyclic) bond motifs is 2. The summed E-state index contributed by atoms with van der Waals surface area (Å²) in [5.74, 6) is 2.23. The molecule has 1 amide bonds. The summed E-state index contributed by atoms with van der Waals surface area (Å²) in [7, 11) is 0. The van der Waals surface area contributed by atoms with E-state index in [1.165, 1.54) is 43.9 Å². The van der Waals surface area contributed by atoms with E-state index in [0.29, 0.717) is 11.7 Å². The zero-order valence-corrected chi connectivity index (χ0v) is 18.0. The van der Waals surface area contributed by atoms with Gasteiger partial charge in [0.25, 0.3) is 0 Å². The van der Waals surface area contributed by atoms with Crippen molar-refractivity contribution in [2.75, 3.05) is 18.8 Å². The summed E-state index contributed by atoms with van der Waals surface area (Å²) in [6.45, 7) is 1.86. The molecule has 0 N–H and O–H groups in total. The molecular weight excluding hydrogens is 390 g/mol. The average molecular weight is 418 g/mol. The molecule has 0 bridgehead atoms. The van der Waals surface area contributed by atoms with Crippen molar-refractivity contribution in [2.45, 2.75) is 37.1 Å². The quantitative estimate of drug-likeness (QED) is 0.531. The van der Waals surface area contributed by atoms with E-state index in [9.17, 15) is 4.79 Å². The summed E-state index contributed by atoms with van der Waals surface area (Å²) in [5, 5.41) is 12.0. The van der Waals surface area contributed by atoms with Crippen molar-refractivity contribution >= 4 is 28.4 Å². The molecule has 1 aliphatic carbocycles. The van der Waals surface area contributed by atoms with E-state index in [0.717, 1.165) is 46.1 Å². The van der Waals surface area contributed by atoms with Crippen molar-refractivity contribution in [3.63, 3.8) is 0 Å². The van der Waals surface area contributed by atoms with Gasteiger partial charge in [0.2, 0.25) is 5.91 Å². The number of hydrogen-bond donors (Lipinski definition) is 0. The normalized spacial score (nSPS) is 21.4. The van der Waals surface area contributed by atoms with E-state index >= 15 is 0 Å². The second-order valence-electron chi connectivity index (χ2n) is 8.49. The molecule has 5 rings (SSSR count). The molecule has 2 aromatic carbocycles. The summed E-state index contributed by atoms with van der Waals surface area (Å²) in [6, 6.07) is 18.4. The number of carbonyl (C=O) groups is 1. The van der Waals surface area contributed by atoms with Gasteiger partial charge in [-0.3, -0.25) is 4.79 Å². The van der Waals surface area contributed by atoms with Crippen molar-refractivity contribution in [1.29, 1.82) is 0 Å². The van der Waals surface area contributed by atoms with Crippen LogP contribution in [0.25, 0.3) is 22.0 Å². The molecule has 0 radical (unpaired) electrons. The van der Waals surface area contributed by atoms with Crippen LogP contribution in [0.15, 0.2) is 59.6 Å². The van der Waals surface area contributed by atoms with Crippen LogP contribution in [0.5, 0.6) is 0 Å². The fraction of sp³-hybridized carbons (Fsp3) is 0.400. The molecular formula is C25H27N3OS. The standard InChI is InChI=1S/C25H27N3OS/c29-23(28-15-14-18-8-4-5-11-20(18)16-28)17-30-25-22-13-7-6-12-21(22)24(26-27-25)19-9-2-1-3-10-19/h1-3,6-7,9-10,12-13,18,20H,4-5,8,11,14-17H2/t18-,20+/m0/s1. The number of rotatable bonds is 4. The van der Waals surface area contributed by atoms with Gasteiger partial charge in [0.15, 0.2) is 0 Å². The number of nitrogens with zero attached hydrogens (tertiary/aromatic N) is 3. The van der Waals surface area contributed by atoms with Crippen LogP contribution in [0, 0.1) is 11.8 Å². The Morgan fingerprint density at radius 1 is 0.900 bits per heavy atom. The maximum Gasteiger partial charge on any atom is 0.233 e. The predicted molar refractivity (Wildman–Crippen MR) is 122 cm³/mol. The number of likely N-dealkylation sites (tertiary alicyclic amines) is 1. The zero-order valence-electron chi connectivity index (χ0n) is 17.2. The molecule has 1 aliphatic heterocycles. The average Bonchev–Trinajstić information content (AvgIpc) is 2.82. The molecule has 1 saturated carbocycles. The minimum Gasteiger partial charge on any atom is -0.342 e. The topological polar surface area (TPSA) is 46.1 Å². The van der Waals surface area contributed by atoms with Crippen LogP contribution in [-0.4, -0.2) is 39.8 Å². The number of amides is 1. The molecule has 5 heteroatoms. The summed E-state index contributed by atoms with van der Waals surface area (Å²) in [6.07, 6.45) is 6.52. The largest absolute Gasteiger partial charge is 0.342 e. The third-order valence-electron chi connectivity index (χ3n) is 6.68. The Labute approximate surface area is 182 Å². The van der Waals surface area contributed by atoms with Crippen molar-refractivity contribution in [2.24, 2.45) is 11.8 Å². The van der Waals surface area contributed by atoms with Gasteiger partial charge >= 0.3 is 0 Å². The number of benzene rings is 2. The highest BCUT2D eigenvalue weighted by Gasteiger charge is 2.32. The van der Waals surface area contributed by atoms with E-state index in [-0.39, 0.29) is 5.91 Å². The monoisotopic (exact) mass is 417 g/mol. The summed E-state index contributed by atoms with van der Waals surface area (Å²) in [5.41, 5.74) is 1.95. The molecule has 1 saturated heterocycles. The molecule has 154 valence electrons. The van der Waals surface area contributed by atoms with Crippen LogP contribution in [0.2, 0.25) is 0 Å². The van der Waals surface area contributed by atoms with Crippen molar-refractivity contribution in [1.82, 2.24) is 15.1 Å². The first-order valence-corrected chi connectivity index (χ1v) is 12.0. The highest BCUT2D eigenvalue weighted by atomic mass is 32.2. The van der Waals surface area contributed by atoms with Gasteiger partial charge in [0.1, 0.15) is 10.7 Å². The van der Waals surface area contributed by atoms with Crippen LogP contribution in [0.3, 0.4) is 0 Å². The molecule has 0 spiro atoms. The van der Waals surface area contributed by atoms with Crippen LogP contribution >= 0.6 is 11.8 Å². The van der Waals surface area contributed by atoms with Gasteiger partial charge in [-0.2, -0.15) is 0 Å². The second kappa shape index (κ2) is 8.76. The van der Waals surface area contributed by atoms with Gasteiger partial charge in [-0.25, -0.2) is 0 Å². The third kappa shape index (κ3) is 3.95. The van der Waals surface area contributed by atoms with E-state index < -0.39 is 0 Å². The van der Waals surface area contributed by atoms with E-state index in [2.05, 4.69) is 39.4 Å². The molecule has 3 aromatic rings. The molecule has 0 unspecified atom stereocenters. The zero-order chi connectivity index (χ0) is 20.3. The smallest absolute Gasteiger partial charge is 0.233 e. The van der Waals surface area contributed by atoms with Crippen molar-refractivity contribution in [3.8, 4) is 11.3 Å². The van der Waals surface area contributed by atoms with Crippen molar-refractivity contribution < 1.29 is 4.79 Å². The van der Waals surface area contributed by atoms with Gasteiger partial charge in [0, 0.05) is 29.4 Å². The van der Waals surface area contributed by atoms with Gasteiger partial charge in [-0.15, -0.1) is 10.2 Å². The molecule has 2 heterocycles. The SMILES string of the molecule is O=C(CSc1nnc(-c2ccccc2)c2ccccc12)N1CC[C@@H]2CCCC[C@@H]2C1. The van der Waals surface area contributed by atoms with Crippen LogP contribution in [-0.2, 0) is 4.79 Å². The van der Waals surface area contributed by atoms with Crippen molar-refractivity contribution in [3.05, 3.63) is 54.6 Å². The minimum atomic E-state index is 0.238. The minimum absolute atomic E-state index is 0.238. The fourth-order valence-corrected chi connectivity index (χ4v) is 5.92. The fourth-order valence-electron chi connectivity index (χ4n) is 5.04.